The van der Waals surface area contributed by atoms with Crippen molar-refractivity contribution < 1.29 is 23.7 Å². The summed E-state index contributed by atoms with van der Waals surface area (Å²) in [5, 5.41) is 3.23. The van der Waals surface area contributed by atoms with Crippen molar-refractivity contribution in [1.29, 1.82) is 0 Å². The maximum atomic E-state index is 13.0. The van der Waals surface area contributed by atoms with Crippen molar-refractivity contribution in [3.63, 3.8) is 0 Å². The summed E-state index contributed by atoms with van der Waals surface area (Å²) in [5.41, 5.74) is 0.767. The van der Waals surface area contributed by atoms with Crippen molar-refractivity contribution in [1.82, 2.24) is 14.9 Å². The Morgan fingerprint density at radius 1 is 1.13 bits per heavy atom. The van der Waals surface area contributed by atoms with Gasteiger partial charge in [-0.15, -0.1) is 0 Å². The van der Waals surface area contributed by atoms with E-state index >= 15 is 0 Å². The van der Waals surface area contributed by atoms with Crippen LogP contribution in [0, 0.1) is 6.92 Å². The van der Waals surface area contributed by atoms with Gasteiger partial charge in [0.15, 0.2) is 23.0 Å². The zero-order valence-corrected chi connectivity index (χ0v) is 16.9. The maximum Gasteiger partial charge on any atom is 0.261 e. The summed E-state index contributed by atoms with van der Waals surface area (Å²) in [5.74, 6) is 2.39. The van der Waals surface area contributed by atoms with Crippen LogP contribution in [0.4, 0.5) is 0 Å². The molecule has 2 aromatic carbocycles. The lowest BCUT2D eigenvalue weighted by molar-refractivity contribution is 0.0951. The molecule has 0 saturated carbocycles. The van der Waals surface area contributed by atoms with Crippen molar-refractivity contribution in [3.05, 3.63) is 52.1 Å². The monoisotopic (exact) mass is 411 g/mol. The first-order valence-corrected chi connectivity index (χ1v) is 9.33. The predicted octanol–water partition coefficient (Wildman–Crippen LogP) is 1.88. The van der Waals surface area contributed by atoms with E-state index < -0.39 is 0 Å². The fourth-order valence-corrected chi connectivity index (χ4v) is 3.34. The van der Waals surface area contributed by atoms with Gasteiger partial charge >= 0.3 is 0 Å². The molecule has 2 heterocycles. The highest BCUT2D eigenvalue weighted by Gasteiger charge is 2.17. The van der Waals surface area contributed by atoms with Crippen LogP contribution >= 0.6 is 0 Å². The predicted molar refractivity (Wildman–Crippen MR) is 109 cm³/mol. The van der Waals surface area contributed by atoms with Crippen LogP contribution in [-0.4, -0.2) is 43.0 Å². The van der Waals surface area contributed by atoms with Gasteiger partial charge in [0.2, 0.25) is 6.79 Å². The molecule has 1 aliphatic heterocycles. The van der Waals surface area contributed by atoms with Crippen molar-refractivity contribution >= 4 is 16.8 Å². The summed E-state index contributed by atoms with van der Waals surface area (Å²) in [4.78, 5) is 29.9. The smallest absolute Gasteiger partial charge is 0.261 e. The number of aromatic nitrogens is 2. The van der Waals surface area contributed by atoms with Gasteiger partial charge in [-0.05, 0) is 31.2 Å². The minimum atomic E-state index is -0.265. The third kappa shape index (κ3) is 3.49. The highest BCUT2D eigenvalue weighted by atomic mass is 16.7. The zero-order chi connectivity index (χ0) is 21.3. The summed E-state index contributed by atoms with van der Waals surface area (Å²) in [6.45, 7) is 2.43. The molecule has 156 valence electrons. The fraction of sp³-hybridized carbons (Fsp3) is 0.286. The van der Waals surface area contributed by atoms with Crippen LogP contribution < -0.4 is 29.8 Å². The molecule has 1 amide bonds. The minimum Gasteiger partial charge on any atom is -0.493 e. The first-order valence-electron chi connectivity index (χ1n) is 9.33. The summed E-state index contributed by atoms with van der Waals surface area (Å²) < 4.78 is 22.6. The molecule has 0 fully saturated rings. The highest BCUT2D eigenvalue weighted by Crippen LogP contribution is 2.32. The second kappa shape index (κ2) is 7.94. The van der Waals surface area contributed by atoms with Crippen molar-refractivity contribution in [3.8, 4) is 23.0 Å². The summed E-state index contributed by atoms with van der Waals surface area (Å²) in [7, 11) is 3.04. The number of carbonyl (C=O) groups excluding carboxylic acids is 1. The maximum absolute atomic E-state index is 13.0. The second-order valence-corrected chi connectivity index (χ2v) is 6.66. The Hall–Kier alpha value is -3.75. The number of aryl methyl sites for hydroxylation is 1. The Kier molecular flexibility index (Phi) is 5.18. The number of benzene rings is 2. The van der Waals surface area contributed by atoms with E-state index in [9.17, 15) is 9.59 Å². The van der Waals surface area contributed by atoms with E-state index in [1.165, 1.54) is 18.8 Å². The number of rotatable bonds is 6. The second-order valence-electron chi connectivity index (χ2n) is 6.66. The van der Waals surface area contributed by atoms with Gasteiger partial charge < -0.3 is 24.3 Å². The summed E-state index contributed by atoms with van der Waals surface area (Å²) in [6.07, 6.45) is 0. The van der Waals surface area contributed by atoms with Gasteiger partial charge in [0.1, 0.15) is 5.82 Å². The van der Waals surface area contributed by atoms with E-state index in [1.807, 2.05) is 0 Å². The molecule has 9 nitrogen and oxygen atoms in total. The Morgan fingerprint density at radius 2 is 1.87 bits per heavy atom. The Labute approximate surface area is 172 Å². The molecule has 3 aromatic rings. The number of nitrogens with one attached hydrogen (secondary N) is 1. The van der Waals surface area contributed by atoms with Gasteiger partial charge in [0, 0.05) is 24.7 Å². The molecular weight excluding hydrogens is 390 g/mol. The van der Waals surface area contributed by atoms with Crippen LogP contribution in [-0.2, 0) is 6.54 Å². The first kappa shape index (κ1) is 19.6. The fourth-order valence-electron chi connectivity index (χ4n) is 3.34. The molecule has 0 bridgehead atoms. The standard InChI is InChI=1S/C21H21N3O6/c1-12-23-15-10-18(28-3)17(27-2)9-14(15)21(26)24(12)7-6-22-20(25)13-4-5-16-19(8-13)30-11-29-16/h4-5,8-10H,6-7,11H2,1-3H3,(H,22,25). The normalized spacial score (nSPS) is 12.1. The number of hydrogen-bond acceptors (Lipinski definition) is 7. The average molecular weight is 411 g/mol. The van der Waals surface area contributed by atoms with Crippen LogP contribution in [0.5, 0.6) is 23.0 Å². The van der Waals surface area contributed by atoms with Crippen LogP contribution in [0.25, 0.3) is 10.9 Å². The molecule has 1 aromatic heterocycles. The molecular formula is C21H21N3O6. The molecule has 30 heavy (non-hydrogen) atoms. The number of fused-ring (bicyclic) bond motifs is 2. The van der Waals surface area contributed by atoms with Gasteiger partial charge in [0.05, 0.1) is 25.1 Å². The molecule has 0 unspecified atom stereocenters. The number of amides is 1. The van der Waals surface area contributed by atoms with E-state index in [1.54, 1.807) is 37.3 Å². The first-order chi connectivity index (χ1) is 14.5. The minimum absolute atomic E-state index is 0.147. The summed E-state index contributed by atoms with van der Waals surface area (Å²) >= 11 is 0. The number of methoxy groups -OCH3 is 2. The molecule has 4 rings (SSSR count). The lowest BCUT2D eigenvalue weighted by Gasteiger charge is -2.13. The Balaban J connectivity index is 1.52. The number of ether oxygens (including phenoxy) is 4. The largest absolute Gasteiger partial charge is 0.493 e. The lowest BCUT2D eigenvalue weighted by Crippen LogP contribution is -2.32. The summed E-state index contributed by atoms with van der Waals surface area (Å²) in [6, 6.07) is 8.28. The Bertz CT molecular complexity index is 1190. The molecule has 1 N–H and O–H groups in total. The van der Waals surface area contributed by atoms with Crippen LogP contribution in [0.1, 0.15) is 16.2 Å². The number of nitrogens with zero attached hydrogens (tertiary/aromatic N) is 2. The van der Waals surface area contributed by atoms with Crippen molar-refractivity contribution in [2.75, 3.05) is 27.6 Å². The van der Waals surface area contributed by atoms with Gasteiger partial charge in [0.25, 0.3) is 11.5 Å². The SMILES string of the molecule is COc1cc2nc(C)n(CCNC(=O)c3ccc4c(c3)OCO4)c(=O)c2cc1OC. The van der Waals surface area contributed by atoms with Gasteiger partial charge in [-0.1, -0.05) is 0 Å². The van der Waals surface area contributed by atoms with Crippen LogP contribution in [0.3, 0.4) is 0 Å². The van der Waals surface area contributed by atoms with E-state index in [2.05, 4.69) is 10.3 Å². The van der Waals surface area contributed by atoms with Crippen LogP contribution in [0.15, 0.2) is 35.1 Å². The molecule has 0 spiro atoms. The zero-order valence-electron chi connectivity index (χ0n) is 16.9. The molecule has 0 aliphatic carbocycles. The van der Waals surface area contributed by atoms with E-state index in [-0.39, 0.29) is 31.3 Å². The van der Waals surface area contributed by atoms with E-state index in [0.717, 1.165) is 0 Å². The van der Waals surface area contributed by atoms with Crippen molar-refractivity contribution in [2.24, 2.45) is 0 Å². The van der Waals surface area contributed by atoms with Gasteiger partial charge in [-0.25, -0.2) is 4.98 Å². The molecule has 0 saturated heterocycles. The molecule has 1 aliphatic rings. The third-order valence-corrected chi connectivity index (χ3v) is 4.91. The van der Waals surface area contributed by atoms with E-state index in [0.29, 0.717) is 45.3 Å². The molecule has 9 heteroatoms. The van der Waals surface area contributed by atoms with Crippen molar-refractivity contribution in [2.45, 2.75) is 13.5 Å². The topological polar surface area (TPSA) is 101 Å². The number of carbonyl (C=O) groups is 1. The lowest BCUT2D eigenvalue weighted by atomic mass is 10.2. The van der Waals surface area contributed by atoms with Crippen LogP contribution in [0.2, 0.25) is 0 Å². The van der Waals surface area contributed by atoms with Gasteiger partial charge in [-0.2, -0.15) is 0 Å². The third-order valence-electron chi connectivity index (χ3n) is 4.91. The quantitative estimate of drug-likeness (QED) is 0.661. The number of hydrogen-bond donors (Lipinski definition) is 1. The Morgan fingerprint density at radius 3 is 2.63 bits per heavy atom. The van der Waals surface area contributed by atoms with Gasteiger partial charge in [-0.3, -0.25) is 14.2 Å². The average Bonchev–Trinajstić information content (AvgIpc) is 3.23. The molecule has 0 radical (unpaired) electrons. The molecule has 0 atom stereocenters. The van der Waals surface area contributed by atoms with E-state index in [4.69, 9.17) is 18.9 Å². The highest BCUT2D eigenvalue weighted by molar-refractivity contribution is 5.94.